The highest BCUT2D eigenvalue weighted by Gasteiger charge is 2.68. The summed E-state index contributed by atoms with van der Waals surface area (Å²) >= 11 is 0. The Kier molecular flexibility index (Phi) is 3.25. The van der Waals surface area contributed by atoms with E-state index in [1.807, 2.05) is 0 Å². The quantitative estimate of drug-likeness (QED) is 0.757. The molecule has 0 unspecified atom stereocenters. The molecule has 1 aliphatic heterocycles. The van der Waals surface area contributed by atoms with Crippen LogP contribution in [0.1, 0.15) is 11.6 Å². The number of halogens is 1. The molecule has 1 aliphatic carbocycles. The van der Waals surface area contributed by atoms with Crippen LogP contribution in [0.25, 0.3) is 0 Å². The van der Waals surface area contributed by atoms with Crippen molar-refractivity contribution in [2.45, 2.75) is 12.3 Å². The normalized spacial score (nSPS) is 32.5. The summed E-state index contributed by atoms with van der Waals surface area (Å²) in [7, 11) is 0. The highest BCUT2D eigenvalue weighted by atomic mass is 35.5. The van der Waals surface area contributed by atoms with Crippen molar-refractivity contribution >= 4 is 18.5 Å². The Labute approximate surface area is 111 Å². The Balaban J connectivity index is 0.00000120. The lowest BCUT2D eigenvalue weighted by Gasteiger charge is -2.18. The van der Waals surface area contributed by atoms with E-state index >= 15 is 0 Å². The number of hydrogen-bond acceptors (Lipinski definition) is 4. The van der Waals surface area contributed by atoms with Gasteiger partial charge in [0.25, 0.3) is 0 Å². The summed E-state index contributed by atoms with van der Waals surface area (Å²) in [4.78, 5) is 15.0. The van der Waals surface area contributed by atoms with Crippen LogP contribution in [0.4, 0.5) is 4.79 Å². The molecule has 6 nitrogen and oxygen atoms in total. The fourth-order valence-corrected chi connectivity index (χ4v) is 3.18. The highest BCUT2D eigenvalue weighted by Crippen LogP contribution is 2.60. The van der Waals surface area contributed by atoms with Gasteiger partial charge in [0.15, 0.2) is 5.89 Å². The van der Waals surface area contributed by atoms with Crippen LogP contribution in [0, 0.1) is 18.8 Å². The van der Waals surface area contributed by atoms with Crippen LogP contribution in [-0.4, -0.2) is 35.8 Å². The fourth-order valence-electron chi connectivity index (χ4n) is 3.18. The zero-order valence-corrected chi connectivity index (χ0v) is 10.8. The number of amides is 1. The van der Waals surface area contributed by atoms with Gasteiger partial charge in [0.05, 0.1) is 5.69 Å². The van der Waals surface area contributed by atoms with Crippen LogP contribution in [0.5, 0.6) is 0 Å². The topological polar surface area (TPSA) is 87.4 Å². The lowest BCUT2D eigenvalue weighted by Crippen LogP contribution is -2.37. The first kappa shape index (κ1) is 13.2. The van der Waals surface area contributed by atoms with E-state index in [2.05, 4.69) is 15.6 Å². The van der Waals surface area contributed by atoms with E-state index in [0.29, 0.717) is 24.3 Å². The van der Waals surface area contributed by atoms with Gasteiger partial charge < -0.3 is 20.2 Å². The summed E-state index contributed by atoms with van der Waals surface area (Å²) < 4.78 is 5.26. The number of nitrogens with one attached hydrogen (secondary N) is 2. The molecule has 2 aliphatic rings. The number of fused-ring (bicyclic) bond motifs is 1. The number of hydrogen-bond donors (Lipinski definition) is 3. The Hall–Kier alpha value is -1.27. The summed E-state index contributed by atoms with van der Waals surface area (Å²) in [6, 6.07) is 0. The molecule has 0 radical (unpaired) electrons. The van der Waals surface area contributed by atoms with Crippen LogP contribution >= 0.6 is 12.4 Å². The summed E-state index contributed by atoms with van der Waals surface area (Å²) in [6.45, 7) is 4.08. The summed E-state index contributed by atoms with van der Waals surface area (Å²) in [5.74, 6) is 1.57. The standard InChI is InChI=1S/C11H15N3O3.ClH/c1-6-14-9(4-17-6)11(5-13-10(15)16)7-2-12-3-8(7)11;/h4,7-8,12-13H,2-3,5H2,1H3,(H,15,16);1H/t7-,8+,11-;. The molecule has 2 fully saturated rings. The van der Waals surface area contributed by atoms with Crippen molar-refractivity contribution in [3.63, 3.8) is 0 Å². The first-order chi connectivity index (χ1) is 8.14. The number of aromatic nitrogens is 1. The molecule has 3 rings (SSSR count). The fraction of sp³-hybridized carbons (Fsp3) is 0.636. The average Bonchev–Trinajstić information content (AvgIpc) is 2.73. The maximum atomic E-state index is 10.7. The Bertz CT molecular complexity index is 452. The van der Waals surface area contributed by atoms with Crippen LogP contribution in [0.3, 0.4) is 0 Å². The first-order valence-corrected chi connectivity index (χ1v) is 5.74. The molecule has 1 amide bonds. The molecule has 1 saturated carbocycles. The van der Waals surface area contributed by atoms with E-state index in [1.54, 1.807) is 13.2 Å². The third-order valence-corrected chi connectivity index (χ3v) is 4.06. The lowest BCUT2D eigenvalue weighted by atomic mass is 9.96. The van der Waals surface area contributed by atoms with Crippen molar-refractivity contribution in [1.82, 2.24) is 15.6 Å². The van der Waals surface area contributed by atoms with E-state index in [0.717, 1.165) is 18.8 Å². The number of carboxylic acid groups (broad SMARTS) is 1. The number of piperidine rings is 1. The molecular weight excluding hydrogens is 258 g/mol. The smallest absolute Gasteiger partial charge is 0.404 e. The van der Waals surface area contributed by atoms with Gasteiger partial charge in [-0.3, -0.25) is 0 Å². The number of nitrogens with zero attached hydrogens (tertiary/aromatic N) is 1. The first-order valence-electron chi connectivity index (χ1n) is 5.74. The zero-order valence-electron chi connectivity index (χ0n) is 9.97. The predicted octanol–water partition coefficient (Wildman–Crippen LogP) is 0.759. The maximum absolute atomic E-state index is 10.7. The molecule has 1 aromatic heterocycles. The Morgan fingerprint density at radius 1 is 1.67 bits per heavy atom. The Morgan fingerprint density at radius 2 is 2.33 bits per heavy atom. The van der Waals surface area contributed by atoms with Crippen LogP contribution in [0.15, 0.2) is 10.7 Å². The van der Waals surface area contributed by atoms with Gasteiger partial charge in [-0.25, -0.2) is 9.78 Å². The van der Waals surface area contributed by atoms with Gasteiger partial charge in [0.2, 0.25) is 0 Å². The zero-order chi connectivity index (χ0) is 12.0. The molecule has 0 spiro atoms. The van der Waals surface area contributed by atoms with Gasteiger partial charge in [0, 0.05) is 18.9 Å². The molecule has 3 N–H and O–H groups in total. The summed E-state index contributed by atoms with van der Waals surface area (Å²) in [6.07, 6.45) is 0.680. The minimum Gasteiger partial charge on any atom is -0.465 e. The van der Waals surface area contributed by atoms with Crippen molar-refractivity contribution in [3.05, 3.63) is 17.8 Å². The van der Waals surface area contributed by atoms with Crippen molar-refractivity contribution in [2.75, 3.05) is 19.6 Å². The number of oxazole rings is 1. The minimum atomic E-state index is -0.984. The van der Waals surface area contributed by atoms with Crippen LogP contribution in [0.2, 0.25) is 0 Å². The van der Waals surface area contributed by atoms with Gasteiger partial charge in [-0.1, -0.05) is 0 Å². The molecule has 7 heteroatoms. The monoisotopic (exact) mass is 273 g/mol. The second-order valence-electron chi connectivity index (χ2n) is 4.82. The van der Waals surface area contributed by atoms with Crippen molar-refractivity contribution in [1.29, 1.82) is 0 Å². The molecule has 1 aromatic rings. The number of rotatable bonds is 3. The molecular formula is C11H16ClN3O3. The van der Waals surface area contributed by atoms with Crippen LogP contribution < -0.4 is 10.6 Å². The van der Waals surface area contributed by atoms with Crippen LogP contribution in [-0.2, 0) is 5.41 Å². The maximum Gasteiger partial charge on any atom is 0.404 e. The van der Waals surface area contributed by atoms with Gasteiger partial charge in [-0.2, -0.15) is 0 Å². The Morgan fingerprint density at radius 3 is 2.83 bits per heavy atom. The van der Waals surface area contributed by atoms with E-state index in [9.17, 15) is 4.79 Å². The molecule has 0 bridgehead atoms. The molecule has 0 aromatic carbocycles. The summed E-state index contributed by atoms with van der Waals surface area (Å²) in [5, 5.41) is 14.5. The minimum absolute atomic E-state index is 0. The van der Waals surface area contributed by atoms with Crippen molar-refractivity contribution in [2.24, 2.45) is 11.8 Å². The van der Waals surface area contributed by atoms with Crippen molar-refractivity contribution in [3.8, 4) is 0 Å². The van der Waals surface area contributed by atoms with Gasteiger partial charge in [0.1, 0.15) is 6.26 Å². The molecule has 18 heavy (non-hydrogen) atoms. The van der Waals surface area contributed by atoms with Crippen molar-refractivity contribution < 1.29 is 14.3 Å². The van der Waals surface area contributed by atoms with E-state index in [4.69, 9.17) is 9.52 Å². The average molecular weight is 274 g/mol. The van der Waals surface area contributed by atoms with Gasteiger partial charge in [-0.15, -0.1) is 12.4 Å². The van der Waals surface area contributed by atoms with Gasteiger partial charge in [-0.05, 0) is 24.9 Å². The third-order valence-electron chi connectivity index (χ3n) is 4.06. The molecule has 100 valence electrons. The van der Waals surface area contributed by atoms with E-state index in [-0.39, 0.29) is 17.8 Å². The third kappa shape index (κ3) is 1.76. The highest BCUT2D eigenvalue weighted by molar-refractivity contribution is 5.85. The predicted molar refractivity (Wildman–Crippen MR) is 66.0 cm³/mol. The second-order valence-corrected chi connectivity index (χ2v) is 4.82. The molecule has 3 atom stereocenters. The SMILES string of the molecule is Cc1nc([C@]2(CNC(=O)O)[C@@H]3CNC[C@@H]32)co1.Cl. The number of aryl methyl sites for hydroxylation is 1. The lowest BCUT2D eigenvalue weighted by molar-refractivity contribution is 0.192. The second kappa shape index (κ2) is 4.44. The summed E-state index contributed by atoms with van der Waals surface area (Å²) in [5.41, 5.74) is 0.738. The van der Waals surface area contributed by atoms with E-state index in [1.165, 1.54) is 0 Å². The largest absolute Gasteiger partial charge is 0.465 e. The van der Waals surface area contributed by atoms with E-state index < -0.39 is 6.09 Å². The van der Waals surface area contributed by atoms with Gasteiger partial charge >= 0.3 is 6.09 Å². The number of carbonyl (C=O) groups is 1. The molecule has 1 saturated heterocycles. The molecule has 2 heterocycles.